The topological polar surface area (TPSA) is 9.23 Å². The first-order chi connectivity index (χ1) is 14.9. The van der Waals surface area contributed by atoms with Gasteiger partial charge >= 0.3 is 199 Å². The summed E-state index contributed by atoms with van der Waals surface area (Å²) in [6.45, 7) is 9.48. The van der Waals surface area contributed by atoms with E-state index in [1.54, 1.807) is 0 Å². The van der Waals surface area contributed by atoms with Crippen molar-refractivity contribution in [3.8, 4) is 0 Å². The van der Waals surface area contributed by atoms with Crippen LogP contribution >= 0.6 is 0 Å². The van der Waals surface area contributed by atoms with E-state index in [1.807, 2.05) is 0 Å². The zero-order valence-corrected chi connectivity index (χ0v) is 21.1. The molecule has 1 nitrogen and oxygen atoms in total. The molecule has 1 aliphatic carbocycles. The van der Waals surface area contributed by atoms with E-state index in [9.17, 15) is 0 Å². The van der Waals surface area contributed by atoms with Crippen LogP contribution in [-0.4, -0.2) is 10.7 Å². The molecule has 0 spiro atoms. The molecule has 0 N–H and O–H groups in total. The monoisotopic (exact) mass is 456 g/mol. The van der Waals surface area contributed by atoms with Crippen molar-refractivity contribution < 1.29 is 20.6 Å². The Bertz CT molecular complexity index is 798. The molecule has 1 fully saturated rings. The number of benzene rings is 2. The van der Waals surface area contributed by atoms with Crippen LogP contribution in [0.5, 0.6) is 0 Å². The molecule has 2 aromatic rings. The molecule has 2 heteroatoms. The molecule has 31 heavy (non-hydrogen) atoms. The van der Waals surface area contributed by atoms with Gasteiger partial charge in [-0.15, -0.1) is 0 Å². The Morgan fingerprint density at radius 1 is 1.03 bits per heavy atom. The summed E-state index contributed by atoms with van der Waals surface area (Å²) in [4.78, 5) is 0. The van der Waals surface area contributed by atoms with Gasteiger partial charge in [0.05, 0.1) is 0 Å². The molecule has 3 rings (SSSR count). The summed E-state index contributed by atoms with van der Waals surface area (Å²) in [6.07, 6.45) is 8.65. The van der Waals surface area contributed by atoms with Crippen LogP contribution in [0.1, 0.15) is 89.7 Å². The van der Waals surface area contributed by atoms with Crippen molar-refractivity contribution >= 4 is 4.57 Å². The van der Waals surface area contributed by atoms with Gasteiger partial charge in [-0.1, -0.05) is 0 Å². The van der Waals surface area contributed by atoms with Gasteiger partial charge in [0, 0.05) is 0 Å². The van der Waals surface area contributed by atoms with Crippen molar-refractivity contribution in [3.63, 3.8) is 0 Å². The number of hydrogen-bond donors (Lipinski definition) is 0. The summed E-state index contributed by atoms with van der Waals surface area (Å²) in [6, 6.07) is 22.0. The van der Waals surface area contributed by atoms with E-state index in [1.165, 1.54) is 43.2 Å². The van der Waals surface area contributed by atoms with Crippen molar-refractivity contribution in [2.45, 2.75) is 90.1 Å². The molecular weight excluding hydrogens is 416 g/mol. The zero-order chi connectivity index (χ0) is 22.3. The number of hydrogen-bond acceptors (Lipinski definition) is 1. The summed E-state index contributed by atoms with van der Waals surface area (Å²) in [5, 5.41) is 0. The minimum atomic E-state index is 0.105. The van der Waals surface area contributed by atoms with Gasteiger partial charge in [-0.2, -0.15) is 0 Å². The van der Waals surface area contributed by atoms with Crippen LogP contribution in [0.2, 0.25) is 0 Å². The van der Waals surface area contributed by atoms with Crippen molar-refractivity contribution in [2.75, 3.05) is 0 Å². The first-order valence-corrected chi connectivity index (χ1v) is 12.9. The van der Waals surface area contributed by atoms with Crippen LogP contribution in [-0.2, 0) is 26.0 Å². The number of ether oxygens (including phenoxy) is 1. The summed E-state index contributed by atoms with van der Waals surface area (Å²) in [5.41, 5.74) is 2.97. The fraction of sp³-hybridized carbons (Fsp3) is 0.552. The third kappa shape index (κ3) is 6.64. The molecule has 0 heterocycles. The average Bonchev–Trinajstić information content (AvgIpc) is 2.77. The Balaban J connectivity index is 1.73. The maximum absolute atomic E-state index is 6.78. The molecule has 2 aromatic carbocycles. The predicted octanol–water partition coefficient (Wildman–Crippen LogP) is 7.83. The Morgan fingerprint density at radius 3 is 2.32 bits per heavy atom. The molecule has 4 atom stereocenters. The van der Waals surface area contributed by atoms with Gasteiger partial charge in [0.25, 0.3) is 0 Å². The van der Waals surface area contributed by atoms with Crippen molar-refractivity contribution in [3.05, 3.63) is 71.8 Å². The maximum atomic E-state index is 6.78. The van der Waals surface area contributed by atoms with Gasteiger partial charge in [0.2, 0.25) is 0 Å². The zero-order valence-electron chi connectivity index (χ0n) is 19.8. The van der Waals surface area contributed by atoms with E-state index >= 15 is 0 Å². The van der Waals surface area contributed by atoms with E-state index in [0.29, 0.717) is 11.8 Å². The normalized spacial score (nSPS) is 22.8. The molecule has 0 aliphatic heterocycles. The van der Waals surface area contributed by atoms with Crippen LogP contribution in [0.4, 0.5) is 0 Å². The van der Waals surface area contributed by atoms with E-state index in [-0.39, 0.29) is 11.5 Å². The minimum absolute atomic E-state index is 0.105. The van der Waals surface area contributed by atoms with Crippen molar-refractivity contribution in [2.24, 2.45) is 11.8 Å². The predicted molar refractivity (Wildman–Crippen MR) is 129 cm³/mol. The molecule has 0 unspecified atom stereocenters. The van der Waals surface area contributed by atoms with Crippen molar-refractivity contribution in [1.29, 1.82) is 0 Å². The van der Waals surface area contributed by atoms with Gasteiger partial charge in [0.15, 0.2) is 0 Å². The molecule has 168 valence electrons. The van der Waals surface area contributed by atoms with Crippen LogP contribution in [0.15, 0.2) is 60.7 Å². The SMILES string of the molecule is CCCC[C@@H](C[C](=[Cr])O[C@@H]1C[C@H](C)CC[C@H]1C(C)(C)c1ccccc1)c1ccccc1. The Labute approximate surface area is 198 Å². The molecule has 1 saturated carbocycles. The molecule has 0 radical (unpaired) electrons. The van der Waals surface area contributed by atoms with Crippen LogP contribution < -0.4 is 0 Å². The summed E-state index contributed by atoms with van der Waals surface area (Å²) in [7, 11) is 0. The van der Waals surface area contributed by atoms with E-state index in [2.05, 4.69) is 104 Å². The van der Waals surface area contributed by atoms with Gasteiger partial charge in [-0.3, -0.25) is 0 Å². The second-order valence-corrected chi connectivity index (χ2v) is 10.8. The van der Waals surface area contributed by atoms with E-state index in [4.69, 9.17) is 4.74 Å². The van der Waals surface area contributed by atoms with Crippen LogP contribution in [0.25, 0.3) is 0 Å². The van der Waals surface area contributed by atoms with Crippen LogP contribution in [0.3, 0.4) is 0 Å². The third-order valence-corrected chi connectivity index (χ3v) is 7.78. The quantitative estimate of drug-likeness (QED) is 0.354. The molecule has 0 saturated heterocycles. The Kier molecular flexibility index (Phi) is 9.15. The molecule has 1 aliphatic rings. The second-order valence-electron chi connectivity index (χ2n) is 10.1. The van der Waals surface area contributed by atoms with E-state index < -0.39 is 0 Å². The molecular formula is C29H40CrO. The first-order valence-electron chi connectivity index (χ1n) is 12.2. The molecule has 0 amide bonds. The number of unbranched alkanes of at least 4 members (excludes halogenated alkanes) is 1. The van der Waals surface area contributed by atoms with Gasteiger partial charge in [-0.05, 0) is 0 Å². The standard InChI is InChI=1S/C29H40O.Cr/c1-5-6-13-25(24-14-9-7-10-15-24)20-21-30-28-22-23(2)18-19-27(28)29(3,4)26-16-11-8-12-17-26;/h7-12,14-17,23,25,27-28H,5-6,13,18-20,22H2,1-4H3;/t23-,25+,27-,28-;/m1./s1. The third-order valence-electron chi connectivity index (χ3n) is 7.37. The molecule has 0 bridgehead atoms. The van der Waals surface area contributed by atoms with E-state index in [0.717, 1.165) is 23.3 Å². The van der Waals surface area contributed by atoms with Crippen molar-refractivity contribution in [1.82, 2.24) is 0 Å². The number of rotatable bonds is 10. The Hall–Kier alpha value is -1.20. The Morgan fingerprint density at radius 2 is 1.68 bits per heavy atom. The van der Waals surface area contributed by atoms with Gasteiger partial charge < -0.3 is 0 Å². The first kappa shape index (κ1) is 24.4. The summed E-state index contributed by atoms with van der Waals surface area (Å²) >= 11 is 3.32. The van der Waals surface area contributed by atoms with Gasteiger partial charge in [-0.25, -0.2) is 0 Å². The second kappa shape index (κ2) is 11.6. The van der Waals surface area contributed by atoms with Crippen LogP contribution in [0, 0.1) is 11.8 Å². The molecule has 0 aromatic heterocycles. The fourth-order valence-electron chi connectivity index (χ4n) is 5.35. The summed E-state index contributed by atoms with van der Waals surface area (Å²) < 4.78 is 7.87. The fourth-order valence-corrected chi connectivity index (χ4v) is 5.85. The van der Waals surface area contributed by atoms with Gasteiger partial charge in [0.1, 0.15) is 0 Å². The average molecular weight is 457 g/mol. The summed E-state index contributed by atoms with van der Waals surface area (Å²) in [5.74, 6) is 1.78.